The molecule has 2 aliphatic heterocycles. The molecule has 15 nitrogen and oxygen atoms in total. The molecule has 0 aliphatic carbocycles. The van der Waals surface area contributed by atoms with Gasteiger partial charge in [0.2, 0.25) is 11.8 Å². The van der Waals surface area contributed by atoms with Gasteiger partial charge in [-0.15, -0.1) is 0 Å². The molecule has 0 bridgehead atoms. The van der Waals surface area contributed by atoms with Gasteiger partial charge in [-0.05, 0) is 24.6 Å². The number of rotatable bonds is 16. The molecule has 2 aliphatic rings. The number of imide groups is 1. The quantitative estimate of drug-likeness (QED) is 0.0989. The molecule has 1 fully saturated rings. The minimum Gasteiger partial charge on any atom is -0.483 e. The average Bonchev–Trinajstić information content (AvgIpc) is 3.36. The first kappa shape index (κ1) is 31.7. The zero-order chi connectivity index (χ0) is 31.6. The van der Waals surface area contributed by atoms with E-state index in [0.717, 1.165) is 10.9 Å². The average molecular weight is 622 g/mol. The van der Waals surface area contributed by atoms with Crippen LogP contribution >= 0.6 is 0 Å². The Morgan fingerprint density at radius 2 is 1.80 bits per heavy atom. The third kappa shape index (κ3) is 8.07. The highest BCUT2D eigenvalue weighted by molar-refractivity contribution is 6.06. The Bertz CT molecular complexity index is 1550. The lowest BCUT2D eigenvalue weighted by molar-refractivity contribution is -0.137. The van der Waals surface area contributed by atoms with Crippen molar-refractivity contribution in [3.8, 4) is 5.75 Å². The maximum atomic E-state index is 13.6. The van der Waals surface area contributed by atoms with E-state index >= 15 is 0 Å². The molecular formula is C30H35N7O8. The van der Waals surface area contributed by atoms with Crippen LogP contribution in [0.1, 0.15) is 28.8 Å². The highest BCUT2D eigenvalue weighted by Gasteiger charge is 2.40. The molecule has 5 rings (SSSR count). The third-order valence-corrected chi connectivity index (χ3v) is 7.21. The van der Waals surface area contributed by atoms with Crippen molar-refractivity contribution in [2.75, 3.05) is 58.2 Å². The standard InChI is InChI=1S/C30H35N7O8/c31-17-44-12-11-43-10-9-42-8-7-32-27(39)16-45-25-14-19(35-28-20-3-1-2-4-23(20)33-18-34-28)13-21-22(25)15-37(30(21)41)24-5-6-26(38)36-29(24)40/h1-4,13-14,18,24H,5-12,15-17,31H2,(H,32,39)(H,33,34,35)(H,36,38,40). The summed E-state index contributed by atoms with van der Waals surface area (Å²) in [4.78, 5) is 60.5. The number of hydrogen-bond acceptors (Lipinski definition) is 12. The lowest BCUT2D eigenvalue weighted by Gasteiger charge is -2.29. The van der Waals surface area contributed by atoms with Gasteiger partial charge in [-0.3, -0.25) is 24.5 Å². The minimum atomic E-state index is -0.800. The number of hydrogen-bond donors (Lipinski definition) is 4. The van der Waals surface area contributed by atoms with Crippen LogP contribution in [0.4, 0.5) is 11.5 Å². The second-order valence-corrected chi connectivity index (χ2v) is 10.2. The van der Waals surface area contributed by atoms with E-state index in [4.69, 9.17) is 24.7 Å². The second kappa shape index (κ2) is 15.3. The van der Waals surface area contributed by atoms with E-state index < -0.39 is 11.9 Å². The smallest absolute Gasteiger partial charge is 0.258 e. The second-order valence-electron chi connectivity index (χ2n) is 10.2. The van der Waals surface area contributed by atoms with Gasteiger partial charge < -0.3 is 40.2 Å². The summed E-state index contributed by atoms with van der Waals surface area (Å²) < 4.78 is 21.7. The van der Waals surface area contributed by atoms with Crippen LogP contribution in [0.5, 0.6) is 5.75 Å². The van der Waals surface area contributed by atoms with Crippen LogP contribution in [0.3, 0.4) is 0 Å². The molecule has 0 saturated carbocycles. The van der Waals surface area contributed by atoms with Crippen LogP contribution in [0.25, 0.3) is 10.9 Å². The predicted octanol–water partition coefficient (Wildman–Crippen LogP) is 0.595. The zero-order valence-electron chi connectivity index (χ0n) is 24.6. The number of nitrogens with zero attached hydrogens (tertiary/aromatic N) is 3. The Labute approximate surface area is 258 Å². The van der Waals surface area contributed by atoms with Gasteiger partial charge in [0.15, 0.2) is 6.61 Å². The van der Waals surface area contributed by atoms with Crippen molar-refractivity contribution in [2.24, 2.45) is 5.73 Å². The van der Waals surface area contributed by atoms with Crippen molar-refractivity contribution < 1.29 is 38.1 Å². The summed E-state index contributed by atoms with van der Waals surface area (Å²) in [6.45, 7) is 2.04. The first-order chi connectivity index (χ1) is 21.9. The largest absolute Gasteiger partial charge is 0.483 e. The molecule has 15 heteroatoms. The summed E-state index contributed by atoms with van der Waals surface area (Å²) in [5, 5.41) is 9.05. The van der Waals surface area contributed by atoms with Gasteiger partial charge in [-0.1, -0.05) is 12.1 Å². The van der Waals surface area contributed by atoms with Crippen molar-refractivity contribution in [2.45, 2.75) is 25.4 Å². The zero-order valence-corrected chi connectivity index (χ0v) is 24.6. The Hall–Kier alpha value is -4.70. The third-order valence-electron chi connectivity index (χ3n) is 7.21. The highest BCUT2D eigenvalue weighted by Crippen LogP contribution is 2.37. The Morgan fingerprint density at radius 3 is 2.60 bits per heavy atom. The van der Waals surface area contributed by atoms with E-state index in [1.165, 1.54) is 11.2 Å². The van der Waals surface area contributed by atoms with Crippen LogP contribution < -0.4 is 26.4 Å². The molecule has 3 heterocycles. The molecule has 2 aromatic carbocycles. The topological polar surface area (TPSA) is 196 Å². The minimum absolute atomic E-state index is 0.0857. The number of benzene rings is 2. The van der Waals surface area contributed by atoms with Gasteiger partial charge in [-0.25, -0.2) is 9.97 Å². The molecule has 45 heavy (non-hydrogen) atoms. The summed E-state index contributed by atoms with van der Waals surface area (Å²) in [6, 6.07) is 10.0. The predicted molar refractivity (Wildman–Crippen MR) is 160 cm³/mol. The number of anilines is 2. The van der Waals surface area contributed by atoms with Crippen molar-refractivity contribution in [1.82, 2.24) is 25.5 Å². The molecule has 5 N–H and O–H groups in total. The fourth-order valence-corrected chi connectivity index (χ4v) is 5.05. The number of carbonyl (C=O) groups excluding carboxylic acids is 4. The lowest BCUT2D eigenvalue weighted by Crippen LogP contribution is -2.52. The van der Waals surface area contributed by atoms with Gasteiger partial charge in [0.1, 0.15) is 23.9 Å². The van der Waals surface area contributed by atoms with Crippen molar-refractivity contribution in [1.29, 1.82) is 0 Å². The summed E-state index contributed by atoms with van der Waals surface area (Å²) >= 11 is 0. The summed E-state index contributed by atoms with van der Waals surface area (Å²) in [6.07, 6.45) is 1.79. The fraction of sp³-hybridized carbons (Fsp3) is 0.400. The van der Waals surface area contributed by atoms with Gasteiger partial charge in [0.05, 0.1) is 57.4 Å². The molecule has 238 valence electrons. The summed E-state index contributed by atoms with van der Waals surface area (Å²) in [7, 11) is 0. The van der Waals surface area contributed by atoms with E-state index in [2.05, 4.69) is 25.9 Å². The number of amides is 4. The first-order valence-corrected chi connectivity index (χ1v) is 14.6. The Kier molecular flexibility index (Phi) is 10.8. The molecule has 1 unspecified atom stereocenters. The van der Waals surface area contributed by atoms with Gasteiger partial charge in [-0.2, -0.15) is 0 Å². The number of fused-ring (bicyclic) bond motifs is 2. The number of piperidine rings is 1. The van der Waals surface area contributed by atoms with E-state index in [9.17, 15) is 19.2 Å². The lowest BCUT2D eigenvalue weighted by atomic mass is 10.0. The number of para-hydroxylation sites is 1. The normalized spacial score (nSPS) is 16.1. The summed E-state index contributed by atoms with van der Waals surface area (Å²) in [5.41, 5.74) is 7.33. The fourth-order valence-electron chi connectivity index (χ4n) is 5.05. The van der Waals surface area contributed by atoms with Gasteiger partial charge in [0, 0.05) is 35.7 Å². The van der Waals surface area contributed by atoms with Gasteiger partial charge in [0.25, 0.3) is 11.8 Å². The van der Waals surface area contributed by atoms with Crippen molar-refractivity contribution in [3.63, 3.8) is 0 Å². The maximum absolute atomic E-state index is 13.6. The Balaban J connectivity index is 1.25. The number of aromatic nitrogens is 2. The molecule has 4 amide bonds. The Morgan fingerprint density at radius 1 is 1.02 bits per heavy atom. The van der Waals surface area contributed by atoms with Crippen LogP contribution in [-0.2, 0) is 35.1 Å². The molecule has 0 radical (unpaired) electrons. The maximum Gasteiger partial charge on any atom is 0.258 e. The highest BCUT2D eigenvalue weighted by atomic mass is 16.5. The molecular weight excluding hydrogens is 586 g/mol. The number of carbonyl (C=O) groups is 4. The SMILES string of the molecule is NCOCCOCCOCCNC(=O)COc1cc(Nc2ncnc3ccccc23)cc2c1CN(C1CCC(=O)NC1=O)C2=O. The van der Waals surface area contributed by atoms with Gasteiger partial charge >= 0.3 is 0 Å². The molecule has 1 atom stereocenters. The van der Waals surface area contributed by atoms with Crippen molar-refractivity contribution in [3.05, 3.63) is 53.9 Å². The van der Waals surface area contributed by atoms with E-state index in [1.54, 1.807) is 12.1 Å². The van der Waals surface area contributed by atoms with Crippen LogP contribution in [-0.4, -0.2) is 97.5 Å². The monoisotopic (exact) mass is 621 g/mol. The first-order valence-electron chi connectivity index (χ1n) is 14.6. The number of nitrogens with two attached hydrogens (primary N) is 1. The van der Waals surface area contributed by atoms with E-state index in [0.29, 0.717) is 54.8 Å². The van der Waals surface area contributed by atoms with Crippen LogP contribution in [0.2, 0.25) is 0 Å². The number of nitrogens with one attached hydrogen (secondary N) is 3. The van der Waals surface area contributed by atoms with Crippen LogP contribution in [0, 0.1) is 0 Å². The summed E-state index contributed by atoms with van der Waals surface area (Å²) in [5.74, 6) is -0.822. The van der Waals surface area contributed by atoms with E-state index in [-0.39, 0.29) is 63.6 Å². The molecule has 3 aromatic rings. The molecule has 1 saturated heterocycles. The van der Waals surface area contributed by atoms with Crippen LogP contribution in [0.15, 0.2) is 42.7 Å². The molecule has 0 spiro atoms. The van der Waals surface area contributed by atoms with Crippen molar-refractivity contribution >= 4 is 46.0 Å². The molecule has 1 aromatic heterocycles. The number of ether oxygens (including phenoxy) is 4. The van der Waals surface area contributed by atoms with E-state index in [1.807, 2.05) is 24.3 Å².